The van der Waals surface area contributed by atoms with Crippen LogP contribution >= 0.6 is 12.2 Å². The Hall–Kier alpha value is -2.73. The first kappa shape index (κ1) is 14.2. The van der Waals surface area contributed by atoms with Gasteiger partial charge in [-0.2, -0.15) is 0 Å². The van der Waals surface area contributed by atoms with Crippen LogP contribution in [0.1, 0.15) is 5.56 Å². The molecule has 6 heteroatoms. The summed E-state index contributed by atoms with van der Waals surface area (Å²) in [7, 11) is 0. The lowest BCUT2D eigenvalue weighted by molar-refractivity contribution is 0.560. The monoisotopic (exact) mass is 311 g/mol. The third-order valence-corrected chi connectivity index (χ3v) is 3.33. The molecule has 110 valence electrons. The molecule has 0 fully saturated rings. The Kier molecular flexibility index (Phi) is 3.84. The molecule has 3 aromatic rings. The minimum absolute atomic E-state index is 0.363. The number of pyridine rings is 1. The first-order valence-electron chi connectivity index (χ1n) is 6.64. The van der Waals surface area contributed by atoms with E-state index >= 15 is 0 Å². The minimum atomic E-state index is -0.363. The molecule has 2 aromatic heterocycles. The number of aryl methyl sites for hydroxylation is 1. The molecule has 0 aliphatic carbocycles. The molecule has 2 heterocycles. The zero-order chi connectivity index (χ0) is 15.5. The van der Waals surface area contributed by atoms with Crippen molar-refractivity contribution in [1.82, 2.24) is 4.98 Å². The highest BCUT2D eigenvalue weighted by Crippen LogP contribution is 2.20. The fourth-order valence-electron chi connectivity index (χ4n) is 2.13. The van der Waals surface area contributed by atoms with Gasteiger partial charge in [0.25, 0.3) is 0 Å². The van der Waals surface area contributed by atoms with Crippen molar-refractivity contribution in [2.24, 2.45) is 0 Å². The van der Waals surface area contributed by atoms with Gasteiger partial charge in [0.1, 0.15) is 5.58 Å². The van der Waals surface area contributed by atoms with Crippen molar-refractivity contribution in [3.63, 3.8) is 0 Å². The number of rotatable bonds is 2. The maximum atomic E-state index is 11.4. The van der Waals surface area contributed by atoms with E-state index in [4.69, 9.17) is 16.6 Å². The van der Waals surface area contributed by atoms with Crippen molar-refractivity contribution in [3.8, 4) is 0 Å². The van der Waals surface area contributed by atoms with Crippen LogP contribution in [0.5, 0.6) is 0 Å². The van der Waals surface area contributed by atoms with E-state index in [0.717, 1.165) is 22.3 Å². The smallest absolute Gasteiger partial charge is 0.336 e. The Balaban J connectivity index is 1.82. The van der Waals surface area contributed by atoms with Crippen LogP contribution in [-0.2, 0) is 0 Å². The number of benzene rings is 1. The maximum absolute atomic E-state index is 11.4. The number of nitrogens with one attached hydrogen (secondary N) is 2. The van der Waals surface area contributed by atoms with Crippen LogP contribution in [0.4, 0.5) is 11.4 Å². The van der Waals surface area contributed by atoms with Gasteiger partial charge < -0.3 is 15.1 Å². The van der Waals surface area contributed by atoms with E-state index in [1.54, 1.807) is 18.5 Å². The Bertz CT molecular complexity index is 891. The van der Waals surface area contributed by atoms with Crippen molar-refractivity contribution in [1.29, 1.82) is 0 Å². The molecule has 1 aromatic carbocycles. The van der Waals surface area contributed by atoms with Crippen molar-refractivity contribution >= 4 is 39.7 Å². The van der Waals surface area contributed by atoms with Gasteiger partial charge in [0.2, 0.25) is 0 Å². The van der Waals surface area contributed by atoms with E-state index < -0.39 is 0 Å². The number of hydrogen-bond donors (Lipinski definition) is 2. The van der Waals surface area contributed by atoms with Crippen LogP contribution in [-0.4, -0.2) is 10.1 Å². The zero-order valence-electron chi connectivity index (χ0n) is 11.8. The van der Waals surface area contributed by atoms with Crippen molar-refractivity contribution < 1.29 is 4.42 Å². The summed E-state index contributed by atoms with van der Waals surface area (Å²) in [6.45, 7) is 1.88. The third kappa shape index (κ3) is 3.12. The van der Waals surface area contributed by atoms with E-state index in [1.165, 1.54) is 6.07 Å². The molecule has 0 unspecified atom stereocenters. The lowest BCUT2D eigenvalue weighted by atomic mass is 10.1. The number of aromatic nitrogens is 1. The summed E-state index contributed by atoms with van der Waals surface area (Å²) in [5.41, 5.74) is 2.58. The van der Waals surface area contributed by atoms with Gasteiger partial charge in [-0.1, -0.05) is 0 Å². The van der Waals surface area contributed by atoms with Gasteiger partial charge >= 0.3 is 5.63 Å². The van der Waals surface area contributed by atoms with Gasteiger partial charge in [0, 0.05) is 29.4 Å². The summed E-state index contributed by atoms with van der Waals surface area (Å²) in [4.78, 5) is 15.5. The summed E-state index contributed by atoms with van der Waals surface area (Å²) in [6.07, 6.45) is 3.37. The summed E-state index contributed by atoms with van der Waals surface area (Å²) < 4.78 is 5.21. The summed E-state index contributed by atoms with van der Waals surface area (Å²) in [5.74, 6) is 0. The molecule has 0 saturated carbocycles. The molecule has 0 aliphatic rings. The van der Waals surface area contributed by atoms with Gasteiger partial charge in [0.15, 0.2) is 5.11 Å². The molecule has 0 amide bonds. The minimum Gasteiger partial charge on any atom is -0.423 e. The molecule has 5 nitrogen and oxygen atoms in total. The van der Waals surface area contributed by atoms with Gasteiger partial charge in [-0.3, -0.25) is 4.98 Å². The van der Waals surface area contributed by atoms with Gasteiger partial charge in [-0.25, -0.2) is 4.79 Å². The lowest BCUT2D eigenvalue weighted by Crippen LogP contribution is -2.19. The second kappa shape index (κ2) is 5.95. The highest BCUT2D eigenvalue weighted by atomic mass is 32.1. The number of fused-ring (bicyclic) bond motifs is 1. The molecule has 0 spiro atoms. The molecule has 0 saturated heterocycles. The predicted molar refractivity (Wildman–Crippen MR) is 91.3 cm³/mol. The zero-order valence-corrected chi connectivity index (χ0v) is 12.6. The Morgan fingerprint density at radius 1 is 1.18 bits per heavy atom. The van der Waals surface area contributed by atoms with Crippen LogP contribution in [0.15, 0.2) is 58.0 Å². The molecular weight excluding hydrogens is 298 g/mol. The SMILES string of the molecule is Cc1cc(=O)oc2cc(NC(=S)Nc3cccnc3)ccc12. The molecule has 0 radical (unpaired) electrons. The number of hydrogen-bond acceptors (Lipinski definition) is 4. The lowest BCUT2D eigenvalue weighted by Gasteiger charge is -2.10. The van der Waals surface area contributed by atoms with E-state index in [2.05, 4.69) is 15.6 Å². The first-order chi connectivity index (χ1) is 10.6. The average molecular weight is 311 g/mol. The van der Waals surface area contributed by atoms with E-state index in [1.807, 2.05) is 31.2 Å². The largest absolute Gasteiger partial charge is 0.423 e. The fraction of sp³-hybridized carbons (Fsp3) is 0.0625. The van der Waals surface area contributed by atoms with E-state index in [0.29, 0.717) is 10.7 Å². The molecule has 2 N–H and O–H groups in total. The second-order valence-electron chi connectivity index (χ2n) is 4.78. The number of anilines is 2. The van der Waals surface area contributed by atoms with Crippen LogP contribution in [0, 0.1) is 6.92 Å². The fourth-order valence-corrected chi connectivity index (χ4v) is 2.37. The molecule has 0 aliphatic heterocycles. The molecule has 0 bridgehead atoms. The highest BCUT2D eigenvalue weighted by Gasteiger charge is 2.05. The van der Waals surface area contributed by atoms with Crippen molar-refractivity contribution in [2.75, 3.05) is 10.6 Å². The second-order valence-corrected chi connectivity index (χ2v) is 5.19. The summed E-state index contributed by atoms with van der Waals surface area (Å²) in [5, 5.41) is 7.41. The van der Waals surface area contributed by atoms with Crippen LogP contribution in [0.25, 0.3) is 11.0 Å². The summed E-state index contributed by atoms with van der Waals surface area (Å²) >= 11 is 5.25. The van der Waals surface area contributed by atoms with Gasteiger partial charge in [0.05, 0.1) is 11.9 Å². The predicted octanol–water partition coefficient (Wildman–Crippen LogP) is 3.31. The first-order valence-corrected chi connectivity index (χ1v) is 7.05. The normalized spacial score (nSPS) is 10.4. The van der Waals surface area contributed by atoms with Crippen LogP contribution in [0.3, 0.4) is 0 Å². The maximum Gasteiger partial charge on any atom is 0.336 e. The molecule has 3 rings (SSSR count). The number of thiocarbonyl (C=S) groups is 1. The summed E-state index contributed by atoms with van der Waals surface area (Å²) in [6, 6.07) is 10.7. The van der Waals surface area contributed by atoms with E-state index in [-0.39, 0.29) is 5.63 Å². The quantitative estimate of drug-likeness (QED) is 0.559. The Morgan fingerprint density at radius 2 is 2.00 bits per heavy atom. The number of nitrogens with zero attached hydrogens (tertiary/aromatic N) is 1. The van der Waals surface area contributed by atoms with Crippen LogP contribution in [0.2, 0.25) is 0 Å². The Labute approximate surface area is 132 Å². The standard InChI is InChI=1S/C16H13N3O2S/c1-10-7-15(20)21-14-8-11(4-5-13(10)14)18-16(22)19-12-3-2-6-17-9-12/h2-9H,1H3,(H2,18,19,22). The highest BCUT2D eigenvalue weighted by molar-refractivity contribution is 7.80. The van der Waals surface area contributed by atoms with Crippen molar-refractivity contribution in [2.45, 2.75) is 6.92 Å². The molecular formula is C16H13N3O2S. The van der Waals surface area contributed by atoms with Crippen molar-refractivity contribution in [3.05, 3.63) is 64.8 Å². The van der Waals surface area contributed by atoms with Gasteiger partial charge in [-0.15, -0.1) is 0 Å². The molecule has 0 atom stereocenters. The average Bonchev–Trinajstić information content (AvgIpc) is 2.47. The van der Waals surface area contributed by atoms with Gasteiger partial charge in [-0.05, 0) is 49.0 Å². The van der Waals surface area contributed by atoms with E-state index in [9.17, 15) is 4.79 Å². The third-order valence-electron chi connectivity index (χ3n) is 3.13. The topological polar surface area (TPSA) is 67.2 Å². The Morgan fingerprint density at radius 3 is 2.77 bits per heavy atom. The van der Waals surface area contributed by atoms with Crippen LogP contribution < -0.4 is 16.3 Å². The molecule has 22 heavy (non-hydrogen) atoms.